The number of carbonyl (C=O) groups is 1. The van der Waals surface area contributed by atoms with Gasteiger partial charge in [0, 0.05) is 29.0 Å². The first kappa shape index (κ1) is 14.8. The van der Waals surface area contributed by atoms with Crippen LogP contribution in [0.4, 0.5) is 5.82 Å². The van der Waals surface area contributed by atoms with Crippen molar-refractivity contribution in [2.24, 2.45) is 0 Å². The largest absolute Gasteiger partial charge is 0.342 e. The van der Waals surface area contributed by atoms with E-state index in [-0.39, 0.29) is 5.91 Å². The number of hydrogen-bond donors (Lipinski definition) is 2. The number of halogens is 1. The van der Waals surface area contributed by atoms with Gasteiger partial charge in [0.25, 0.3) is 5.91 Å². The molecule has 2 rings (SSSR count). The van der Waals surface area contributed by atoms with Crippen LogP contribution in [0, 0.1) is 0 Å². The lowest BCUT2D eigenvalue weighted by atomic mass is 10.1. The maximum Gasteiger partial charge on any atom is 0.273 e. The molecule has 0 atom stereocenters. The van der Waals surface area contributed by atoms with Gasteiger partial charge in [0.05, 0.1) is 0 Å². The number of rotatable bonds is 5. The zero-order chi connectivity index (χ0) is 14.7. The Kier molecular flexibility index (Phi) is 4.65. The molecule has 5 nitrogen and oxygen atoms in total. The zero-order valence-electron chi connectivity index (χ0n) is 11.9. The van der Waals surface area contributed by atoms with E-state index in [1.54, 1.807) is 0 Å². The van der Waals surface area contributed by atoms with Gasteiger partial charge in [-0.25, -0.2) is 0 Å². The number of H-pyrrole nitrogens is 1. The minimum atomic E-state index is -0.147. The summed E-state index contributed by atoms with van der Waals surface area (Å²) in [6, 6.07) is 3.69. The molecule has 0 bridgehead atoms. The fourth-order valence-corrected chi connectivity index (χ4v) is 2.43. The van der Waals surface area contributed by atoms with Crippen molar-refractivity contribution in [2.45, 2.75) is 39.7 Å². The molecule has 2 aromatic rings. The maximum absolute atomic E-state index is 12.3. The lowest BCUT2D eigenvalue weighted by molar-refractivity contribution is 0.101. The van der Waals surface area contributed by atoms with Gasteiger partial charge in [0.15, 0.2) is 5.82 Å². The van der Waals surface area contributed by atoms with E-state index < -0.39 is 0 Å². The van der Waals surface area contributed by atoms with Gasteiger partial charge in [0.2, 0.25) is 0 Å². The zero-order valence-corrected chi connectivity index (χ0v) is 13.5. The van der Waals surface area contributed by atoms with E-state index in [1.165, 1.54) is 0 Å². The molecule has 2 aromatic heterocycles. The summed E-state index contributed by atoms with van der Waals surface area (Å²) in [5, 5.41) is 9.86. The van der Waals surface area contributed by atoms with Crippen LogP contribution < -0.4 is 5.32 Å². The van der Waals surface area contributed by atoms with Crippen LogP contribution in [-0.4, -0.2) is 20.7 Å². The number of amides is 1. The predicted molar refractivity (Wildman–Crippen MR) is 83.1 cm³/mol. The predicted octanol–water partition coefficient (Wildman–Crippen LogP) is 3.76. The summed E-state index contributed by atoms with van der Waals surface area (Å²) in [5.74, 6) is 0.760. The minimum absolute atomic E-state index is 0.147. The van der Waals surface area contributed by atoms with Crippen molar-refractivity contribution < 1.29 is 4.79 Å². The second kappa shape index (κ2) is 6.26. The molecule has 0 saturated carbocycles. The summed E-state index contributed by atoms with van der Waals surface area (Å²) in [6.07, 6.45) is 2.89. The number of aromatic amines is 1. The van der Waals surface area contributed by atoms with Crippen molar-refractivity contribution in [3.05, 3.63) is 34.2 Å². The summed E-state index contributed by atoms with van der Waals surface area (Å²) < 4.78 is 2.84. The minimum Gasteiger partial charge on any atom is -0.342 e. The van der Waals surface area contributed by atoms with E-state index in [9.17, 15) is 4.79 Å². The first-order valence-corrected chi connectivity index (χ1v) is 7.53. The highest BCUT2D eigenvalue weighted by atomic mass is 79.9. The van der Waals surface area contributed by atoms with Gasteiger partial charge in [-0.3, -0.25) is 9.89 Å². The number of anilines is 1. The first-order valence-electron chi connectivity index (χ1n) is 6.73. The molecule has 0 aliphatic heterocycles. The lowest BCUT2D eigenvalue weighted by Crippen LogP contribution is -2.17. The molecule has 2 N–H and O–H groups in total. The summed E-state index contributed by atoms with van der Waals surface area (Å²) in [5.41, 5.74) is 1.64. The number of carbonyl (C=O) groups excluding carboxylic acids is 1. The third-order valence-corrected chi connectivity index (χ3v) is 3.46. The molecule has 6 heteroatoms. The van der Waals surface area contributed by atoms with Gasteiger partial charge >= 0.3 is 0 Å². The Morgan fingerprint density at radius 2 is 2.25 bits per heavy atom. The molecule has 0 saturated heterocycles. The fraction of sp³-hybridized carbons (Fsp3) is 0.429. The summed E-state index contributed by atoms with van der Waals surface area (Å²) >= 11 is 3.41. The van der Waals surface area contributed by atoms with Crippen LogP contribution in [0.25, 0.3) is 0 Å². The average Bonchev–Trinajstić information content (AvgIpc) is 2.97. The second-order valence-electron chi connectivity index (χ2n) is 5.05. The Balaban J connectivity index is 2.14. The number of nitrogens with zero attached hydrogens (tertiary/aromatic N) is 2. The van der Waals surface area contributed by atoms with Gasteiger partial charge < -0.3 is 9.88 Å². The Morgan fingerprint density at radius 3 is 2.85 bits per heavy atom. The van der Waals surface area contributed by atoms with Gasteiger partial charge in [-0.2, -0.15) is 5.10 Å². The standard InChI is InChI=1S/C14H19BrN4O/c1-4-5-19-8-10(15)6-12(19)14(20)16-13-7-11(9(2)3)17-18-13/h6-9H,4-5H2,1-3H3,(H2,16,17,18,20). The van der Waals surface area contributed by atoms with E-state index in [4.69, 9.17) is 0 Å². The Bertz CT molecular complexity index is 600. The number of aromatic nitrogens is 3. The van der Waals surface area contributed by atoms with Crippen LogP contribution in [0.2, 0.25) is 0 Å². The molecule has 0 radical (unpaired) electrons. The lowest BCUT2D eigenvalue weighted by Gasteiger charge is -2.06. The first-order chi connectivity index (χ1) is 9.51. The number of nitrogens with one attached hydrogen (secondary N) is 2. The Hall–Kier alpha value is -1.56. The van der Waals surface area contributed by atoms with Crippen molar-refractivity contribution in [1.29, 1.82) is 0 Å². The number of hydrogen-bond acceptors (Lipinski definition) is 2. The van der Waals surface area contributed by atoms with Crippen molar-refractivity contribution in [2.75, 3.05) is 5.32 Å². The number of aryl methyl sites for hydroxylation is 1. The van der Waals surface area contributed by atoms with Crippen LogP contribution in [0.5, 0.6) is 0 Å². The van der Waals surface area contributed by atoms with E-state index in [0.717, 1.165) is 23.1 Å². The van der Waals surface area contributed by atoms with Gasteiger partial charge in [-0.15, -0.1) is 0 Å². The summed E-state index contributed by atoms with van der Waals surface area (Å²) in [4.78, 5) is 12.3. The highest BCUT2D eigenvalue weighted by Gasteiger charge is 2.14. The third-order valence-electron chi connectivity index (χ3n) is 3.02. The molecule has 0 fully saturated rings. The second-order valence-corrected chi connectivity index (χ2v) is 5.97. The monoisotopic (exact) mass is 338 g/mol. The van der Waals surface area contributed by atoms with Crippen LogP contribution in [-0.2, 0) is 6.54 Å². The summed E-state index contributed by atoms with van der Waals surface area (Å²) in [6.45, 7) is 7.04. The van der Waals surface area contributed by atoms with E-state index in [0.29, 0.717) is 17.4 Å². The quantitative estimate of drug-likeness (QED) is 0.871. The third kappa shape index (κ3) is 3.30. The highest BCUT2D eigenvalue weighted by molar-refractivity contribution is 9.10. The van der Waals surface area contributed by atoms with E-state index in [1.807, 2.05) is 22.9 Å². The van der Waals surface area contributed by atoms with Crippen molar-refractivity contribution in [3.63, 3.8) is 0 Å². The smallest absolute Gasteiger partial charge is 0.273 e. The molecule has 20 heavy (non-hydrogen) atoms. The Labute approximate surface area is 126 Å². The molecule has 0 unspecified atom stereocenters. The van der Waals surface area contributed by atoms with Crippen LogP contribution >= 0.6 is 15.9 Å². The average molecular weight is 339 g/mol. The summed E-state index contributed by atoms with van der Waals surface area (Å²) in [7, 11) is 0. The van der Waals surface area contributed by atoms with Gasteiger partial charge in [-0.1, -0.05) is 20.8 Å². The molecular weight excluding hydrogens is 320 g/mol. The molecular formula is C14H19BrN4O. The van der Waals surface area contributed by atoms with Gasteiger partial charge in [-0.05, 0) is 34.3 Å². The van der Waals surface area contributed by atoms with Gasteiger partial charge in [0.1, 0.15) is 5.69 Å². The fourth-order valence-electron chi connectivity index (χ4n) is 1.97. The van der Waals surface area contributed by atoms with E-state index in [2.05, 4.69) is 52.2 Å². The molecule has 2 heterocycles. The molecule has 0 spiro atoms. The highest BCUT2D eigenvalue weighted by Crippen LogP contribution is 2.18. The molecule has 0 aliphatic carbocycles. The molecule has 0 aliphatic rings. The SMILES string of the molecule is CCCn1cc(Br)cc1C(=O)Nc1cc(C(C)C)[nH]n1. The van der Waals surface area contributed by atoms with Crippen molar-refractivity contribution in [1.82, 2.24) is 14.8 Å². The maximum atomic E-state index is 12.3. The molecule has 1 amide bonds. The molecule has 0 aromatic carbocycles. The van der Waals surface area contributed by atoms with Crippen LogP contribution in [0.3, 0.4) is 0 Å². The van der Waals surface area contributed by atoms with E-state index >= 15 is 0 Å². The van der Waals surface area contributed by atoms with Crippen molar-refractivity contribution in [3.8, 4) is 0 Å². The van der Waals surface area contributed by atoms with Crippen LogP contribution in [0.15, 0.2) is 22.8 Å². The van der Waals surface area contributed by atoms with Crippen LogP contribution in [0.1, 0.15) is 49.3 Å². The Morgan fingerprint density at radius 1 is 1.50 bits per heavy atom. The molecule has 108 valence electrons. The normalized spacial score (nSPS) is 11.1. The topological polar surface area (TPSA) is 62.7 Å². The van der Waals surface area contributed by atoms with Crippen molar-refractivity contribution >= 4 is 27.7 Å².